The molecule has 20 heavy (non-hydrogen) atoms. The van der Waals surface area contributed by atoms with Gasteiger partial charge in [0.05, 0.1) is 4.92 Å². The number of hydrogen-bond donors (Lipinski definition) is 1. The van der Waals surface area contributed by atoms with E-state index < -0.39 is 4.92 Å². The first-order chi connectivity index (χ1) is 9.61. The number of likely N-dealkylation sites (tertiary alicyclic amines) is 1. The zero-order valence-corrected chi connectivity index (χ0v) is 11.3. The van der Waals surface area contributed by atoms with Gasteiger partial charge in [0.25, 0.3) is 11.6 Å². The SMILES string of the molecule is NCCC1CCCN(C(=O)c2cccc([N+](=O)[O-])c2)C1. The van der Waals surface area contributed by atoms with Crippen LogP contribution in [-0.2, 0) is 0 Å². The summed E-state index contributed by atoms with van der Waals surface area (Å²) < 4.78 is 0. The van der Waals surface area contributed by atoms with Gasteiger partial charge in [0, 0.05) is 30.8 Å². The minimum Gasteiger partial charge on any atom is -0.338 e. The molecule has 2 rings (SSSR count). The smallest absolute Gasteiger partial charge is 0.270 e. The van der Waals surface area contributed by atoms with Crippen molar-refractivity contribution in [1.29, 1.82) is 0 Å². The molecule has 0 spiro atoms. The maximum absolute atomic E-state index is 12.4. The Morgan fingerprint density at radius 3 is 3.00 bits per heavy atom. The summed E-state index contributed by atoms with van der Waals surface area (Å²) in [6.07, 6.45) is 2.97. The second-order valence-electron chi connectivity index (χ2n) is 5.14. The summed E-state index contributed by atoms with van der Waals surface area (Å²) in [4.78, 5) is 24.5. The van der Waals surface area contributed by atoms with Crippen LogP contribution < -0.4 is 5.73 Å². The number of carbonyl (C=O) groups is 1. The number of benzene rings is 1. The zero-order chi connectivity index (χ0) is 14.5. The molecule has 0 aromatic heterocycles. The molecule has 0 saturated carbocycles. The van der Waals surface area contributed by atoms with Gasteiger partial charge in [-0.2, -0.15) is 0 Å². The molecule has 2 N–H and O–H groups in total. The van der Waals surface area contributed by atoms with Gasteiger partial charge in [-0.3, -0.25) is 14.9 Å². The average Bonchev–Trinajstić information content (AvgIpc) is 2.47. The molecular weight excluding hydrogens is 258 g/mol. The van der Waals surface area contributed by atoms with Crippen molar-refractivity contribution in [3.63, 3.8) is 0 Å². The number of nitro groups is 1. The second-order valence-corrected chi connectivity index (χ2v) is 5.14. The predicted octanol–water partition coefficient (Wildman–Crippen LogP) is 1.80. The Bertz CT molecular complexity index is 502. The Hall–Kier alpha value is -1.95. The molecule has 1 aliphatic rings. The van der Waals surface area contributed by atoms with Gasteiger partial charge in [-0.05, 0) is 37.8 Å². The number of nitro benzene ring substituents is 1. The molecule has 1 aliphatic heterocycles. The van der Waals surface area contributed by atoms with E-state index in [9.17, 15) is 14.9 Å². The monoisotopic (exact) mass is 277 g/mol. The fourth-order valence-corrected chi connectivity index (χ4v) is 2.66. The van der Waals surface area contributed by atoms with Crippen molar-refractivity contribution in [3.05, 3.63) is 39.9 Å². The molecule has 1 aromatic carbocycles. The third-order valence-corrected chi connectivity index (χ3v) is 3.69. The van der Waals surface area contributed by atoms with Crippen LogP contribution in [0.4, 0.5) is 5.69 Å². The number of non-ortho nitro benzene ring substituents is 1. The highest BCUT2D eigenvalue weighted by molar-refractivity contribution is 5.94. The maximum Gasteiger partial charge on any atom is 0.270 e. The van der Waals surface area contributed by atoms with Gasteiger partial charge in [-0.15, -0.1) is 0 Å². The van der Waals surface area contributed by atoms with Crippen LogP contribution in [0.15, 0.2) is 24.3 Å². The molecule has 1 unspecified atom stereocenters. The van der Waals surface area contributed by atoms with E-state index in [0.717, 1.165) is 19.3 Å². The van der Waals surface area contributed by atoms with Crippen molar-refractivity contribution in [2.24, 2.45) is 11.7 Å². The lowest BCUT2D eigenvalue weighted by molar-refractivity contribution is -0.384. The number of rotatable bonds is 4. The third-order valence-electron chi connectivity index (χ3n) is 3.69. The molecule has 6 nitrogen and oxygen atoms in total. The highest BCUT2D eigenvalue weighted by Gasteiger charge is 2.24. The summed E-state index contributed by atoms with van der Waals surface area (Å²) in [5.74, 6) is 0.312. The molecule has 6 heteroatoms. The van der Waals surface area contributed by atoms with Gasteiger partial charge < -0.3 is 10.6 Å². The van der Waals surface area contributed by atoms with Crippen LogP contribution in [0.5, 0.6) is 0 Å². The lowest BCUT2D eigenvalue weighted by Gasteiger charge is -2.32. The Kier molecular flexibility index (Phi) is 4.68. The second kappa shape index (κ2) is 6.47. The van der Waals surface area contributed by atoms with Crippen LogP contribution in [0.1, 0.15) is 29.6 Å². The van der Waals surface area contributed by atoms with E-state index in [1.54, 1.807) is 17.0 Å². The van der Waals surface area contributed by atoms with Gasteiger partial charge in [0.1, 0.15) is 0 Å². The van der Waals surface area contributed by atoms with Crippen LogP contribution in [0, 0.1) is 16.0 Å². The molecule has 1 atom stereocenters. The first-order valence-electron chi connectivity index (χ1n) is 6.85. The van der Waals surface area contributed by atoms with Crippen molar-refractivity contribution < 1.29 is 9.72 Å². The fraction of sp³-hybridized carbons (Fsp3) is 0.500. The van der Waals surface area contributed by atoms with Crippen LogP contribution in [-0.4, -0.2) is 35.4 Å². The van der Waals surface area contributed by atoms with Crippen molar-refractivity contribution in [2.45, 2.75) is 19.3 Å². The van der Waals surface area contributed by atoms with E-state index in [2.05, 4.69) is 0 Å². The molecule has 0 aliphatic carbocycles. The van der Waals surface area contributed by atoms with Crippen LogP contribution in [0.3, 0.4) is 0 Å². The van der Waals surface area contributed by atoms with Gasteiger partial charge in [-0.1, -0.05) is 6.07 Å². The van der Waals surface area contributed by atoms with Crippen LogP contribution in [0.25, 0.3) is 0 Å². The summed E-state index contributed by atoms with van der Waals surface area (Å²) in [7, 11) is 0. The average molecular weight is 277 g/mol. The molecule has 0 bridgehead atoms. The Morgan fingerprint density at radius 1 is 1.50 bits per heavy atom. The number of amides is 1. The van der Waals surface area contributed by atoms with Crippen molar-refractivity contribution in [3.8, 4) is 0 Å². The standard InChI is InChI=1S/C14H19N3O3/c15-7-6-11-3-2-8-16(10-11)14(18)12-4-1-5-13(9-12)17(19)20/h1,4-5,9,11H,2-3,6-8,10,15H2. The molecule has 1 saturated heterocycles. The quantitative estimate of drug-likeness (QED) is 0.671. The van der Waals surface area contributed by atoms with Crippen molar-refractivity contribution in [2.75, 3.05) is 19.6 Å². The summed E-state index contributed by atoms with van der Waals surface area (Å²) in [6.45, 7) is 2.03. The largest absolute Gasteiger partial charge is 0.338 e. The molecule has 1 heterocycles. The van der Waals surface area contributed by atoms with E-state index in [0.29, 0.717) is 31.1 Å². The molecular formula is C14H19N3O3. The molecule has 1 aromatic rings. The molecule has 108 valence electrons. The lowest BCUT2D eigenvalue weighted by Crippen LogP contribution is -2.40. The Morgan fingerprint density at radius 2 is 2.30 bits per heavy atom. The number of nitrogens with two attached hydrogens (primary N) is 1. The Labute approximate surface area is 117 Å². The number of hydrogen-bond acceptors (Lipinski definition) is 4. The number of piperidine rings is 1. The highest BCUT2D eigenvalue weighted by Crippen LogP contribution is 2.22. The fourth-order valence-electron chi connectivity index (χ4n) is 2.66. The van der Waals surface area contributed by atoms with Crippen LogP contribution in [0.2, 0.25) is 0 Å². The van der Waals surface area contributed by atoms with E-state index in [-0.39, 0.29) is 11.6 Å². The highest BCUT2D eigenvalue weighted by atomic mass is 16.6. The van der Waals surface area contributed by atoms with E-state index >= 15 is 0 Å². The van der Waals surface area contributed by atoms with Crippen LogP contribution >= 0.6 is 0 Å². The number of carbonyl (C=O) groups excluding carboxylic acids is 1. The first kappa shape index (κ1) is 14.5. The van der Waals surface area contributed by atoms with Crippen molar-refractivity contribution in [1.82, 2.24) is 4.90 Å². The Balaban J connectivity index is 2.10. The van der Waals surface area contributed by atoms with Gasteiger partial charge in [-0.25, -0.2) is 0 Å². The molecule has 0 radical (unpaired) electrons. The van der Waals surface area contributed by atoms with E-state index in [1.165, 1.54) is 12.1 Å². The predicted molar refractivity (Wildman–Crippen MR) is 75.4 cm³/mol. The van der Waals surface area contributed by atoms with E-state index in [4.69, 9.17) is 5.73 Å². The van der Waals surface area contributed by atoms with Gasteiger partial charge in [0.2, 0.25) is 0 Å². The third kappa shape index (κ3) is 3.33. The summed E-state index contributed by atoms with van der Waals surface area (Å²) in [6, 6.07) is 5.91. The van der Waals surface area contributed by atoms with Gasteiger partial charge >= 0.3 is 0 Å². The lowest BCUT2D eigenvalue weighted by atomic mass is 9.94. The first-order valence-corrected chi connectivity index (χ1v) is 6.85. The summed E-state index contributed by atoms with van der Waals surface area (Å²) in [5, 5.41) is 10.8. The summed E-state index contributed by atoms with van der Waals surface area (Å²) >= 11 is 0. The zero-order valence-electron chi connectivity index (χ0n) is 11.3. The minimum atomic E-state index is -0.482. The summed E-state index contributed by atoms with van der Waals surface area (Å²) in [5.41, 5.74) is 5.90. The number of nitrogens with zero attached hydrogens (tertiary/aromatic N) is 2. The van der Waals surface area contributed by atoms with E-state index in [1.807, 2.05) is 0 Å². The van der Waals surface area contributed by atoms with Gasteiger partial charge in [0.15, 0.2) is 0 Å². The topological polar surface area (TPSA) is 89.5 Å². The molecule has 1 amide bonds. The minimum absolute atomic E-state index is 0.0497. The normalized spacial score (nSPS) is 18.9. The molecule has 1 fully saturated rings. The maximum atomic E-state index is 12.4. The van der Waals surface area contributed by atoms with Crippen molar-refractivity contribution >= 4 is 11.6 Å².